The lowest BCUT2D eigenvalue weighted by Crippen LogP contribution is -2.10. The molecule has 2 rings (SSSR count). The van der Waals surface area contributed by atoms with Gasteiger partial charge in [-0.3, -0.25) is 10.1 Å². The Morgan fingerprint density at radius 3 is 2.30 bits per heavy atom. The third-order valence-electron chi connectivity index (χ3n) is 3.33. The van der Waals surface area contributed by atoms with Crippen LogP contribution in [0.1, 0.15) is 15.9 Å². The first-order valence-corrected chi connectivity index (χ1v) is 7.02. The van der Waals surface area contributed by atoms with E-state index in [1.165, 1.54) is 13.2 Å². The monoisotopic (exact) mass is 314 g/mol. The van der Waals surface area contributed by atoms with E-state index in [1.807, 2.05) is 25.1 Å². The van der Waals surface area contributed by atoms with Gasteiger partial charge in [0.2, 0.25) is 0 Å². The summed E-state index contributed by atoms with van der Waals surface area (Å²) in [7, 11) is 5.14. The van der Waals surface area contributed by atoms with Crippen molar-refractivity contribution in [3.63, 3.8) is 0 Å². The molecule has 0 atom stereocenters. The van der Waals surface area contributed by atoms with Gasteiger partial charge in [0.25, 0.3) is 5.69 Å². The van der Waals surface area contributed by atoms with Crippen molar-refractivity contribution >= 4 is 11.7 Å². The Balaban J connectivity index is 2.43. The van der Waals surface area contributed by atoms with Gasteiger partial charge < -0.3 is 9.64 Å². The first kappa shape index (κ1) is 16.6. The maximum absolute atomic E-state index is 11.5. The van der Waals surface area contributed by atoms with Crippen molar-refractivity contribution in [1.29, 1.82) is 0 Å². The zero-order valence-electron chi connectivity index (χ0n) is 13.3. The molecule has 0 aromatic heterocycles. The molecule has 0 aliphatic carbocycles. The Bertz CT molecular complexity index is 724. The van der Waals surface area contributed by atoms with Gasteiger partial charge in [-0.05, 0) is 49.0 Å². The van der Waals surface area contributed by atoms with E-state index in [1.54, 1.807) is 30.3 Å². The molecule has 0 spiro atoms. The van der Waals surface area contributed by atoms with Crippen molar-refractivity contribution in [3.8, 4) is 11.1 Å². The number of ether oxygens (including phenoxy) is 1. The molecule has 2 aromatic rings. The normalized spacial score (nSPS) is 10.6. The fourth-order valence-electron chi connectivity index (χ4n) is 2.32. The number of carbonyl (C=O) groups is 1. The standard InChI is InChI=1S/C17H18N2O4/c1-18(2)11-12-8-15(10-16(9-12)19(21)22)13-4-6-14(7-5-13)17(20)23-3/h4-10H,11H2,1-3H3. The van der Waals surface area contributed by atoms with Gasteiger partial charge in [0, 0.05) is 18.7 Å². The van der Waals surface area contributed by atoms with Crippen molar-refractivity contribution in [3.05, 3.63) is 63.7 Å². The smallest absolute Gasteiger partial charge is 0.337 e. The maximum atomic E-state index is 11.5. The fraction of sp³-hybridized carbons (Fsp3) is 0.235. The number of hydrogen-bond acceptors (Lipinski definition) is 5. The minimum atomic E-state index is -0.413. The summed E-state index contributed by atoms with van der Waals surface area (Å²) in [6, 6.07) is 11.8. The zero-order chi connectivity index (χ0) is 17.0. The van der Waals surface area contributed by atoms with Gasteiger partial charge in [0.15, 0.2) is 0 Å². The second kappa shape index (κ2) is 7.02. The van der Waals surface area contributed by atoms with Crippen molar-refractivity contribution in [2.24, 2.45) is 0 Å². The SMILES string of the molecule is COC(=O)c1ccc(-c2cc(CN(C)C)cc([N+](=O)[O-])c2)cc1. The van der Waals surface area contributed by atoms with Crippen LogP contribution >= 0.6 is 0 Å². The van der Waals surface area contributed by atoms with Crippen molar-refractivity contribution in [2.45, 2.75) is 6.54 Å². The molecule has 0 aliphatic heterocycles. The molecule has 6 heteroatoms. The average molecular weight is 314 g/mol. The zero-order valence-corrected chi connectivity index (χ0v) is 13.3. The topological polar surface area (TPSA) is 72.7 Å². The van der Waals surface area contributed by atoms with Crippen LogP contribution in [0.4, 0.5) is 5.69 Å². The van der Waals surface area contributed by atoms with E-state index >= 15 is 0 Å². The highest BCUT2D eigenvalue weighted by Crippen LogP contribution is 2.27. The molecule has 0 radical (unpaired) electrons. The molecular weight excluding hydrogens is 296 g/mol. The highest BCUT2D eigenvalue weighted by atomic mass is 16.6. The lowest BCUT2D eigenvalue weighted by atomic mass is 10.0. The third-order valence-corrected chi connectivity index (χ3v) is 3.33. The van der Waals surface area contributed by atoms with E-state index in [9.17, 15) is 14.9 Å². The summed E-state index contributed by atoms with van der Waals surface area (Å²) in [6.45, 7) is 0.606. The minimum absolute atomic E-state index is 0.0522. The Labute approximate surface area is 134 Å². The Morgan fingerprint density at radius 1 is 1.13 bits per heavy atom. The number of nitro groups is 1. The molecule has 120 valence electrons. The van der Waals surface area contributed by atoms with Gasteiger partial charge in [-0.15, -0.1) is 0 Å². The number of hydrogen-bond donors (Lipinski definition) is 0. The Morgan fingerprint density at radius 2 is 1.78 bits per heavy atom. The number of rotatable bonds is 5. The van der Waals surface area contributed by atoms with Gasteiger partial charge in [-0.2, -0.15) is 0 Å². The van der Waals surface area contributed by atoms with Crippen LogP contribution in [0.5, 0.6) is 0 Å². The summed E-state index contributed by atoms with van der Waals surface area (Å²) >= 11 is 0. The predicted octanol–water partition coefficient (Wildman–Crippen LogP) is 3.11. The minimum Gasteiger partial charge on any atom is -0.465 e. The molecule has 0 saturated heterocycles. The maximum Gasteiger partial charge on any atom is 0.337 e. The largest absolute Gasteiger partial charge is 0.465 e. The molecule has 0 N–H and O–H groups in total. The third kappa shape index (κ3) is 4.14. The first-order chi connectivity index (χ1) is 10.9. The van der Waals surface area contributed by atoms with Crippen LogP contribution in [0, 0.1) is 10.1 Å². The van der Waals surface area contributed by atoms with Crippen LogP contribution in [0.3, 0.4) is 0 Å². The second-order valence-corrected chi connectivity index (χ2v) is 5.45. The summed E-state index contributed by atoms with van der Waals surface area (Å²) in [5, 5.41) is 11.1. The molecule has 0 heterocycles. The number of methoxy groups -OCH3 is 1. The van der Waals surface area contributed by atoms with Gasteiger partial charge in [-0.1, -0.05) is 12.1 Å². The van der Waals surface area contributed by atoms with E-state index < -0.39 is 10.9 Å². The van der Waals surface area contributed by atoms with E-state index in [4.69, 9.17) is 0 Å². The van der Waals surface area contributed by atoms with Crippen molar-refractivity contribution < 1.29 is 14.5 Å². The molecule has 0 fully saturated rings. The van der Waals surface area contributed by atoms with E-state index in [0.29, 0.717) is 12.1 Å². The molecular formula is C17H18N2O4. The van der Waals surface area contributed by atoms with Gasteiger partial charge in [0.05, 0.1) is 17.6 Å². The first-order valence-electron chi connectivity index (χ1n) is 7.02. The molecule has 0 bridgehead atoms. The number of nitrogens with zero attached hydrogens (tertiary/aromatic N) is 2. The molecule has 6 nitrogen and oxygen atoms in total. The molecule has 0 amide bonds. The number of non-ortho nitro benzene ring substituents is 1. The van der Waals surface area contributed by atoms with Crippen LogP contribution in [0.25, 0.3) is 11.1 Å². The van der Waals surface area contributed by atoms with Gasteiger partial charge in [-0.25, -0.2) is 4.79 Å². The average Bonchev–Trinajstić information content (AvgIpc) is 2.53. The van der Waals surface area contributed by atoms with Crippen LogP contribution in [-0.4, -0.2) is 37.0 Å². The summed E-state index contributed by atoms with van der Waals surface area (Å²) in [4.78, 5) is 24.1. The van der Waals surface area contributed by atoms with Gasteiger partial charge in [0.1, 0.15) is 0 Å². The van der Waals surface area contributed by atoms with E-state index in [-0.39, 0.29) is 5.69 Å². The number of nitro benzene ring substituents is 1. The summed E-state index contributed by atoms with van der Waals surface area (Å²) in [5.41, 5.74) is 2.90. The van der Waals surface area contributed by atoms with E-state index in [2.05, 4.69) is 4.74 Å². The lowest BCUT2D eigenvalue weighted by molar-refractivity contribution is -0.384. The highest BCUT2D eigenvalue weighted by molar-refractivity contribution is 5.90. The number of benzene rings is 2. The summed E-state index contributed by atoms with van der Waals surface area (Å²) in [5.74, 6) is -0.413. The molecule has 23 heavy (non-hydrogen) atoms. The fourth-order valence-corrected chi connectivity index (χ4v) is 2.32. The summed E-state index contributed by atoms with van der Waals surface area (Å²) in [6.07, 6.45) is 0. The van der Waals surface area contributed by atoms with Crippen molar-refractivity contribution in [1.82, 2.24) is 4.90 Å². The van der Waals surface area contributed by atoms with Crippen LogP contribution < -0.4 is 0 Å². The highest BCUT2D eigenvalue weighted by Gasteiger charge is 2.12. The van der Waals surface area contributed by atoms with Crippen molar-refractivity contribution in [2.75, 3.05) is 21.2 Å². The molecule has 2 aromatic carbocycles. The summed E-state index contributed by atoms with van der Waals surface area (Å²) < 4.78 is 4.66. The van der Waals surface area contributed by atoms with E-state index in [0.717, 1.165) is 16.7 Å². The number of esters is 1. The molecule has 0 unspecified atom stereocenters. The second-order valence-electron chi connectivity index (χ2n) is 5.45. The van der Waals surface area contributed by atoms with Crippen LogP contribution in [0.2, 0.25) is 0 Å². The van der Waals surface area contributed by atoms with Crippen LogP contribution in [0.15, 0.2) is 42.5 Å². The molecule has 0 aliphatic rings. The Kier molecular flexibility index (Phi) is 5.08. The molecule has 0 saturated carbocycles. The quantitative estimate of drug-likeness (QED) is 0.481. The Hall–Kier alpha value is -2.73. The number of carbonyl (C=O) groups excluding carboxylic acids is 1. The lowest BCUT2D eigenvalue weighted by Gasteiger charge is -2.11. The van der Waals surface area contributed by atoms with Crippen LogP contribution in [-0.2, 0) is 11.3 Å². The van der Waals surface area contributed by atoms with Gasteiger partial charge >= 0.3 is 5.97 Å². The predicted molar refractivity (Wildman–Crippen MR) is 87.3 cm³/mol.